The quantitative estimate of drug-likeness (QED) is 0.559. The van der Waals surface area contributed by atoms with Crippen LogP contribution in [0.1, 0.15) is 43.2 Å². The Morgan fingerprint density at radius 1 is 1.17 bits per heavy atom. The summed E-state index contributed by atoms with van der Waals surface area (Å²) in [4.78, 5) is 11.0. The number of hydrogen-bond acceptors (Lipinski definition) is 2. The molecule has 1 aliphatic carbocycles. The molecular weight excluding hydrogens is 362 g/mol. The van der Waals surface area contributed by atoms with Crippen molar-refractivity contribution in [2.75, 3.05) is 6.61 Å². The van der Waals surface area contributed by atoms with E-state index in [0.29, 0.717) is 12.3 Å². The van der Waals surface area contributed by atoms with Crippen LogP contribution >= 0.6 is 0 Å². The fraction of sp³-hybridized carbons (Fsp3) is 0.400. The Morgan fingerprint density at radius 3 is 2.72 bits per heavy atom. The third-order valence-electron chi connectivity index (χ3n) is 6.12. The summed E-state index contributed by atoms with van der Waals surface area (Å²) < 4.78 is 8.43. The molecule has 0 bridgehead atoms. The maximum atomic E-state index is 11.0. The number of carbonyl (C=O) groups is 1. The number of carboxylic acids is 1. The van der Waals surface area contributed by atoms with Crippen molar-refractivity contribution in [2.45, 2.75) is 45.4 Å². The highest BCUT2D eigenvalue weighted by Gasteiger charge is 2.17. The van der Waals surface area contributed by atoms with Gasteiger partial charge in [-0.15, -0.1) is 0 Å². The first kappa shape index (κ1) is 19.6. The lowest BCUT2D eigenvalue weighted by Gasteiger charge is -2.16. The minimum Gasteiger partial charge on any atom is -0.493 e. The zero-order valence-electron chi connectivity index (χ0n) is 17.3. The molecule has 0 spiro atoms. The minimum absolute atomic E-state index is 0.137. The van der Waals surface area contributed by atoms with E-state index >= 15 is 0 Å². The molecule has 0 radical (unpaired) electrons. The van der Waals surface area contributed by atoms with E-state index in [1.165, 1.54) is 42.1 Å². The third kappa shape index (κ3) is 4.31. The molecule has 4 heteroatoms. The average molecular weight is 392 g/mol. The molecule has 1 fully saturated rings. The number of hydrogen-bond donors (Lipinski definition) is 1. The average Bonchev–Trinajstić information content (AvgIpc) is 3.33. The second kappa shape index (κ2) is 8.32. The predicted molar refractivity (Wildman–Crippen MR) is 117 cm³/mol. The first-order chi connectivity index (χ1) is 14.0. The summed E-state index contributed by atoms with van der Waals surface area (Å²) in [6.45, 7) is 2.89. The van der Waals surface area contributed by atoms with Gasteiger partial charge in [-0.3, -0.25) is 4.79 Å². The van der Waals surface area contributed by atoms with E-state index in [0.717, 1.165) is 29.0 Å². The molecule has 1 saturated carbocycles. The Hall–Kier alpha value is -2.75. The van der Waals surface area contributed by atoms with Crippen LogP contribution in [0.3, 0.4) is 0 Å². The van der Waals surface area contributed by atoms with Crippen molar-refractivity contribution < 1.29 is 14.6 Å². The number of ether oxygens (including phenoxy) is 1. The van der Waals surface area contributed by atoms with E-state index in [4.69, 9.17) is 9.84 Å². The van der Waals surface area contributed by atoms with Crippen molar-refractivity contribution in [3.8, 4) is 16.9 Å². The zero-order valence-corrected chi connectivity index (χ0v) is 17.3. The van der Waals surface area contributed by atoms with Crippen LogP contribution in [0.25, 0.3) is 22.0 Å². The van der Waals surface area contributed by atoms with Gasteiger partial charge >= 0.3 is 5.97 Å². The lowest BCUT2D eigenvalue weighted by molar-refractivity contribution is -0.136. The van der Waals surface area contributed by atoms with Crippen molar-refractivity contribution in [3.05, 3.63) is 53.7 Å². The molecule has 0 atom stereocenters. The summed E-state index contributed by atoms with van der Waals surface area (Å²) in [6, 6.07) is 12.6. The molecule has 1 N–H and O–H groups in total. The molecule has 152 valence electrons. The van der Waals surface area contributed by atoms with Gasteiger partial charge in [-0.1, -0.05) is 25.0 Å². The first-order valence-corrected chi connectivity index (χ1v) is 10.5. The summed E-state index contributed by atoms with van der Waals surface area (Å²) in [5.74, 6) is 0.770. The van der Waals surface area contributed by atoms with Gasteiger partial charge in [0.05, 0.1) is 6.61 Å². The number of rotatable bonds is 7. The summed E-state index contributed by atoms with van der Waals surface area (Å²) in [6.07, 6.45) is 7.92. The molecule has 4 rings (SSSR count). The number of benzene rings is 2. The standard InChI is InChI=1S/C25H29NO3/c1-17-15-26(2)23-10-9-20(14-21(17)23)22-13-18(8-12-25(27)28)7-11-24(22)29-16-19-5-3-4-6-19/h7,9-11,13-15,19H,3-6,8,12,16H2,1-2H3,(H,27,28). The summed E-state index contributed by atoms with van der Waals surface area (Å²) in [5, 5.41) is 10.3. The van der Waals surface area contributed by atoms with Gasteiger partial charge in [0.1, 0.15) is 5.75 Å². The Labute approximate surface area is 172 Å². The molecule has 0 saturated heterocycles. The van der Waals surface area contributed by atoms with Crippen LogP contribution in [0.5, 0.6) is 5.75 Å². The fourth-order valence-corrected chi connectivity index (χ4v) is 4.48. The monoisotopic (exact) mass is 391 g/mol. The van der Waals surface area contributed by atoms with Gasteiger partial charge < -0.3 is 14.4 Å². The summed E-state index contributed by atoms with van der Waals surface area (Å²) in [7, 11) is 2.07. The van der Waals surface area contributed by atoms with Crippen LogP contribution < -0.4 is 4.74 Å². The van der Waals surface area contributed by atoms with Crippen LogP contribution in [0.2, 0.25) is 0 Å². The molecule has 0 unspecified atom stereocenters. The smallest absolute Gasteiger partial charge is 0.303 e. The molecule has 1 aromatic heterocycles. The van der Waals surface area contributed by atoms with Crippen LogP contribution in [0.4, 0.5) is 0 Å². The fourth-order valence-electron chi connectivity index (χ4n) is 4.48. The van der Waals surface area contributed by atoms with Crippen LogP contribution in [-0.4, -0.2) is 22.2 Å². The highest BCUT2D eigenvalue weighted by molar-refractivity contribution is 5.89. The molecular formula is C25H29NO3. The molecule has 2 aromatic carbocycles. The molecule has 0 aliphatic heterocycles. The second-order valence-corrected chi connectivity index (χ2v) is 8.34. The molecule has 1 heterocycles. The number of carboxylic acid groups (broad SMARTS) is 1. The molecule has 0 amide bonds. The number of nitrogens with zero attached hydrogens (tertiary/aromatic N) is 1. The number of fused-ring (bicyclic) bond motifs is 1. The largest absolute Gasteiger partial charge is 0.493 e. The van der Waals surface area contributed by atoms with Gasteiger partial charge in [-0.2, -0.15) is 0 Å². The van der Waals surface area contributed by atoms with Crippen LogP contribution in [-0.2, 0) is 18.3 Å². The first-order valence-electron chi connectivity index (χ1n) is 10.5. The number of aromatic nitrogens is 1. The van der Waals surface area contributed by atoms with Crippen molar-refractivity contribution in [3.63, 3.8) is 0 Å². The Balaban J connectivity index is 1.69. The summed E-state index contributed by atoms with van der Waals surface area (Å²) >= 11 is 0. The SMILES string of the molecule is Cc1cn(C)c2ccc(-c3cc(CCC(=O)O)ccc3OCC3CCCC3)cc12. The predicted octanol–water partition coefficient (Wildman–Crippen LogP) is 5.74. The van der Waals surface area contributed by atoms with E-state index < -0.39 is 5.97 Å². The number of aryl methyl sites for hydroxylation is 3. The van der Waals surface area contributed by atoms with Gasteiger partial charge in [-0.05, 0) is 73.1 Å². The topological polar surface area (TPSA) is 51.5 Å². The zero-order chi connectivity index (χ0) is 20.4. The normalized spacial score (nSPS) is 14.6. The highest BCUT2D eigenvalue weighted by atomic mass is 16.5. The van der Waals surface area contributed by atoms with Crippen molar-refractivity contribution in [1.29, 1.82) is 0 Å². The Morgan fingerprint density at radius 2 is 1.97 bits per heavy atom. The highest BCUT2D eigenvalue weighted by Crippen LogP contribution is 2.35. The van der Waals surface area contributed by atoms with E-state index in [9.17, 15) is 4.79 Å². The molecule has 29 heavy (non-hydrogen) atoms. The van der Waals surface area contributed by atoms with Gasteiger partial charge in [0, 0.05) is 36.1 Å². The van der Waals surface area contributed by atoms with Gasteiger partial charge in [-0.25, -0.2) is 0 Å². The Bertz CT molecular complexity index is 1030. The lowest BCUT2D eigenvalue weighted by atomic mass is 9.98. The van der Waals surface area contributed by atoms with E-state index in [1.54, 1.807) is 0 Å². The van der Waals surface area contributed by atoms with E-state index in [1.807, 2.05) is 12.1 Å². The molecule has 3 aromatic rings. The maximum absolute atomic E-state index is 11.0. The van der Waals surface area contributed by atoms with Gasteiger partial charge in [0.25, 0.3) is 0 Å². The van der Waals surface area contributed by atoms with E-state index in [-0.39, 0.29) is 6.42 Å². The molecule has 1 aliphatic rings. The Kier molecular flexibility index (Phi) is 5.61. The minimum atomic E-state index is -0.769. The number of aliphatic carboxylic acids is 1. The van der Waals surface area contributed by atoms with E-state index in [2.05, 4.69) is 49.0 Å². The van der Waals surface area contributed by atoms with Crippen molar-refractivity contribution in [1.82, 2.24) is 4.57 Å². The van der Waals surface area contributed by atoms with Crippen LogP contribution in [0.15, 0.2) is 42.6 Å². The second-order valence-electron chi connectivity index (χ2n) is 8.34. The van der Waals surface area contributed by atoms with Gasteiger partial charge in [0.2, 0.25) is 0 Å². The van der Waals surface area contributed by atoms with Gasteiger partial charge in [0.15, 0.2) is 0 Å². The van der Waals surface area contributed by atoms with Crippen molar-refractivity contribution >= 4 is 16.9 Å². The maximum Gasteiger partial charge on any atom is 0.303 e. The summed E-state index contributed by atoms with van der Waals surface area (Å²) in [5.41, 5.74) is 5.66. The lowest BCUT2D eigenvalue weighted by Crippen LogP contribution is -2.09. The third-order valence-corrected chi connectivity index (χ3v) is 6.12. The van der Waals surface area contributed by atoms with Crippen molar-refractivity contribution in [2.24, 2.45) is 13.0 Å². The molecule has 4 nitrogen and oxygen atoms in total. The van der Waals surface area contributed by atoms with Crippen LogP contribution in [0, 0.1) is 12.8 Å².